The Morgan fingerprint density at radius 1 is 0.414 bits per heavy atom. The van der Waals surface area contributed by atoms with Gasteiger partial charge in [0.2, 0.25) is 25.2 Å². The number of rotatable bonds is 20. The first-order valence-electron chi connectivity index (χ1n) is 21.2. The molecule has 70 heavy (non-hydrogen) atoms. The molecule has 10 N–H and O–H groups in total. The highest BCUT2D eigenvalue weighted by Gasteiger charge is 2.57. The van der Waals surface area contributed by atoms with E-state index in [4.69, 9.17) is 75.8 Å². The molecule has 404 valence electrons. The van der Waals surface area contributed by atoms with E-state index in [-0.39, 0.29) is 0 Å². The number of carbonyl (C=O) groups excluding carboxylic acids is 5. The third-order valence-corrected chi connectivity index (χ3v) is 10.8. The van der Waals surface area contributed by atoms with E-state index in [1.807, 2.05) is 0 Å². The van der Waals surface area contributed by atoms with Crippen molar-refractivity contribution in [1.29, 1.82) is 0 Å². The van der Waals surface area contributed by atoms with Crippen LogP contribution in [-0.2, 0) is 99.8 Å². The van der Waals surface area contributed by atoms with Crippen molar-refractivity contribution in [3.05, 3.63) is 0 Å². The van der Waals surface area contributed by atoms with E-state index in [1.165, 1.54) is 0 Å². The van der Waals surface area contributed by atoms with Gasteiger partial charge < -0.3 is 127 Å². The predicted molar refractivity (Wildman–Crippen MR) is 211 cm³/mol. The van der Waals surface area contributed by atoms with Crippen molar-refractivity contribution >= 4 is 29.8 Å². The Kier molecular flexibility index (Phi) is 21.9. The van der Waals surface area contributed by atoms with E-state index in [1.54, 1.807) is 0 Å². The molecule has 31 nitrogen and oxygen atoms in total. The van der Waals surface area contributed by atoms with E-state index >= 15 is 0 Å². The van der Waals surface area contributed by atoms with E-state index < -0.39 is 184 Å². The first kappa shape index (κ1) is 59.1. The minimum absolute atomic E-state index is 0.893. The highest BCUT2D eigenvalue weighted by Crippen LogP contribution is 2.35. The standard InChI is InChI=1S/C39H62O31/c1-10(58-11(2)40)26(63-33-24(53)20(49)30(39(69-33)62-15(6)44)66-34-23(52)17(46)27(55-7)36(68-34)59-12(3)41)16(45)21(50)31(56-8)64-28-19(48)25(54)35(70-38(28)61-14(5)43)65-29-18(47)22(51)32(57-9)67-37(29)60-13(4)42/h10,16-39,45-54H,1-9H3/t10?,16?,17?,18?,19?,20?,21?,22?,23?,24?,25?,26?,27?,28?,29?,30?,31?,32?,33-,34?,35-,36?,37?,38-,39-/m1/s1. The Balaban J connectivity index is 1.57. The number of ether oxygens (including phenoxy) is 16. The molecule has 0 radical (unpaired) electrons. The van der Waals surface area contributed by atoms with Crippen LogP contribution in [0.4, 0.5) is 0 Å². The maximum Gasteiger partial charge on any atom is 0.305 e. The molecular weight excluding hydrogens is 964 g/mol. The summed E-state index contributed by atoms with van der Waals surface area (Å²) in [5, 5.41) is 111. The second-order valence-electron chi connectivity index (χ2n) is 16.1. The Bertz CT molecular complexity index is 1720. The zero-order valence-corrected chi connectivity index (χ0v) is 39.0. The van der Waals surface area contributed by atoms with Crippen LogP contribution in [0.1, 0.15) is 41.5 Å². The topological polar surface area (TPSA) is 435 Å². The molecule has 4 heterocycles. The third kappa shape index (κ3) is 14.4. The average Bonchev–Trinajstić information content (AvgIpc) is 3.27. The van der Waals surface area contributed by atoms with Gasteiger partial charge >= 0.3 is 29.8 Å². The SMILES string of the molecule is COC(OC1C(O)C(O)[C@H](OC2C(OC(C)=O)OC(OC)C(O)C2O)O[C@H]1OC(C)=O)C(O)C(O)C(O[C@@H]1O[C@@H](OC(C)=O)C(OC2OC(OC(C)=O)C(OC)C(O)C2O)C(O)C1O)C(C)OC(C)=O. The number of aliphatic hydroxyl groups is 10. The van der Waals surface area contributed by atoms with Gasteiger partial charge in [-0.1, -0.05) is 0 Å². The second kappa shape index (κ2) is 25.9. The molecule has 0 spiro atoms. The summed E-state index contributed by atoms with van der Waals surface area (Å²) in [7, 11) is 3.12. The molecular formula is C39H62O31. The molecule has 0 saturated carbocycles. The average molecular weight is 1030 g/mol. The summed E-state index contributed by atoms with van der Waals surface area (Å²) in [6, 6.07) is 0. The first-order valence-corrected chi connectivity index (χ1v) is 21.2. The van der Waals surface area contributed by atoms with Crippen molar-refractivity contribution in [3.63, 3.8) is 0 Å². The van der Waals surface area contributed by atoms with E-state index in [0.717, 1.165) is 62.9 Å². The van der Waals surface area contributed by atoms with Crippen molar-refractivity contribution in [2.24, 2.45) is 0 Å². The molecule has 0 bridgehead atoms. The predicted octanol–water partition coefficient (Wildman–Crippen LogP) is -7.30. The molecule has 0 aliphatic carbocycles. The third-order valence-electron chi connectivity index (χ3n) is 10.8. The van der Waals surface area contributed by atoms with Gasteiger partial charge in [0.15, 0.2) is 49.8 Å². The first-order chi connectivity index (χ1) is 32.8. The summed E-state index contributed by atoms with van der Waals surface area (Å²) < 4.78 is 85.5. The maximum absolute atomic E-state index is 12.2. The lowest BCUT2D eigenvalue weighted by Gasteiger charge is -2.47. The molecule has 0 aromatic rings. The zero-order chi connectivity index (χ0) is 52.6. The van der Waals surface area contributed by atoms with Crippen LogP contribution in [0.2, 0.25) is 0 Å². The summed E-state index contributed by atoms with van der Waals surface area (Å²) in [5.41, 5.74) is 0. The number of esters is 5. The van der Waals surface area contributed by atoms with E-state index in [9.17, 15) is 75.0 Å². The molecule has 21 unspecified atom stereocenters. The minimum atomic E-state index is -2.40. The van der Waals surface area contributed by atoms with Gasteiger partial charge in [0.1, 0.15) is 79.4 Å². The Morgan fingerprint density at radius 3 is 1.17 bits per heavy atom. The number of methoxy groups -OCH3 is 3. The van der Waals surface area contributed by atoms with Crippen LogP contribution in [0.3, 0.4) is 0 Å². The fraction of sp³-hybridized carbons (Fsp3) is 0.872. The monoisotopic (exact) mass is 1030 g/mol. The second-order valence-corrected chi connectivity index (χ2v) is 16.1. The van der Waals surface area contributed by atoms with Crippen LogP contribution in [0.5, 0.6) is 0 Å². The molecule has 31 heteroatoms. The quantitative estimate of drug-likeness (QED) is 0.0308. The van der Waals surface area contributed by atoms with Crippen molar-refractivity contribution < 1.29 is 151 Å². The molecule has 25 atom stereocenters. The van der Waals surface area contributed by atoms with Gasteiger partial charge in [0.25, 0.3) is 0 Å². The van der Waals surface area contributed by atoms with Crippen molar-refractivity contribution in [2.45, 2.75) is 196 Å². The lowest BCUT2D eigenvalue weighted by molar-refractivity contribution is -0.406. The lowest BCUT2D eigenvalue weighted by Crippen LogP contribution is -2.66. The van der Waals surface area contributed by atoms with Crippen LogP contribution in [0.25, 0.3) is 0 Å². The van der Waals surface area contributed by atoms with E-state index in [2.05, 4.69) is 0 Å². The van der Waals surface area contributed by atoms with Gasteiger partial charge in [-0.05, 0) is 6.92 Å². The number of carbonyl (C=O) groups is 5. The van der Waals surface area contributed by atoms with Gasteiger partial charge in [0, 0.05) is 55.9 Å². The number of hydrogen-bond donors (Lipinski definition) is 10. The Hall–Kier alpha value is -3.49. The number of hydrogen-bond acceptors (Lipinski definition) is 31. The maximum atomic E-state index is 12.2. The van der Waals surface area contributed by atoms with Gasteiger partial charge in [-0.15, -0.1) is 0 Å². The fourth-order valence-electron chi connectivity index (χ4n) is 7.52. The number of aliphatic hydroxyl groups excluding tert-OH is 10. The summed E-state index contributed by atoms with van der Waals surface area (Å²) in [5.74, 6) is -5.01. The van der Waals surface area contributed by atoms with Gasteiger partial charge in [-0.3, -0.25) is 24.0 Å². The molecule has 0 aromatic heterocycles. The van der Waals surface area contributed by atoms with Crippen LogP contribution < -0.4 is 0 Å². The summed E-state index contributed by atoms with van der Waals surface area (Å²) in [4.78, 5) is 60.2. The van der Waals surface area contributed by atoms with Crippen molar-refractivity contribution in [2.75, 3.05) is 21.3 Å². The minimum Gasteiger partial charge on any atom is -0.460 e. The van der Waals surface area contributed by atoms with Crippen LogP contribution in [-0.4, -0.2) is 257 Å². The summed E-state index contributed by atoms with van der Waals surface area (Å²) >= 11 is 0. The van der Waals surface area contributed by atoms with E-state index in [0.29, 0.717) is 0 Å². The Morgan fingerprint density at radius 2 is 0.771 bits per heavy atom. The molecule has 4 saturated heterocycles. The largest absolute Gasteiger partial charge is 0.460 e. The normalized spacial score (nSPS) is 40.1. The highest BCUT2D eigenvalue weighted by molar-refractivity contribution is 5.67. The van der Waals surface area contributed by atoms with Gasteiger partial charge in [0.05, 0.1) is 0 Å². The zero-order valence-electron chi connectivity index (χ0n) is 39.0. The molecule has 0 amide bonds. The van der Waals surface area contributed by atoms with Gasteiger partial charge in [-0.25, -0.2) is 0 Å². The molecule has 4 fully saturated rings. The molecule has 4 aliphatic rings. The van der Waals surface area contributed by atoms with Crippen LogP contribution in [0.15, 0.2) is 0 Å². The molecule has 0 aromatic carbocycles. The van der Waals surface area contributed by atoms with Crippen molar-refractivity contribution in [1.82, 2.24) is 0 Å². The summed E-state index contributed by atoms with van der Waals surface area (Å²) in [6.07, 6.45) is -50.2. The summed E-state index contributed by atoms with van der Waals surface area (Å²) in [6.45, 7) is 5.84. The lowest BCUT2D eigenvalue weighted by atomic mass is 9.99. The smallest absolute Gasteiger partial charge is 0.305 e. The Labute approximate surface area is 397 Å². The van der Waals surface area contributed by atoms with Crippen molar-refractivity contribution in [3.8, 4) is 0 Å². The highest BCUT2D eigenvalue weighted by atomic mass is 16.8. The van der Waals surface area contributed by atoms with Crippen LogP contribution in [0, 0.1) is 0 Å². The van der Waals surface area contributed by atoms with Gasteiger partial charge in [-0.2, -0.15) is 0 Å². The molecule has 4 rings (SSSR count). The molecule has 4 aliphatic heterocycles. The van der Waals surface area contributed by atoms with Crippen LogP contribution >= 0.6 is 0 Å². The fourth-order valence-corrected chi connectivity index (χ4v) is 7.52.